The molecule has 188 valence electrons. The van der Waals surface area contributed by atoms with E-state index in [0.29, 0.717) is 45.1 Å². The fourth-order valence-corrected chi connectivity index (χ4v) is 4.43. The number of hydrogen-bond donors (Lipinski definition) is 1. The third-order valence-corrected chi connectivity index (χ3v) is 6.43. The molecular formula is C26H39N3O5. The number of morpholine rings is 1. The molecule has 0 aromatic heterocycles. The minimum absolute atomic E-state index is 0.154. The Morgan fingerprint density at radius 3 is 2.12 bits per heavy atom. The average Bonchev–Trinajstić information content (AvgIpc) is 2.80. The Kier molecular flexibility index (Phi) is 9.08. The van der Waals surface area contributed by atoms with E-state index in [1.165, 1.54) is 18.4 Å². The van der Waals surface area contributed by atoms with Crippen LogP contribution in [0, 0.1) is 0 Å². The third-order valence-electron chi connectivity index (χ3n) is 6.43. The van der Waals surface area contributed by atoms with Crippen molar-refractivity contribution in [1.82, 2.24) is 15.1 Å². The number of amides is 3. The Morgan fingerprint density at radius 1 is 0.971 bits per heavy atom. The van der Waals surface area contributed by atoms with Gasteiger partial charge in [-0.2, -0.15) is 0 Å². The van der Waals surface area contributed by atoms with Crippen LogP contribution >= 0.6 is 0 Å². The van der Waals surface area contributed by atoms with Gasteiger partial charge in [-0.05, 0) is 77.2 Å². The van der Waals surface area contributed by atoms with Crippen molar-refractivity contribution in [1.29, 1.82) is 0 Å². The van der Waals surface area contributed by atoms with Crippen molar-refractivity contribution in [3.63, 3.8) is 0 Å². The minimum Gasteiger partial charge on any atom is -0.444 e. The summed E-state index contributed by atoms with van der Waals surface area (Å²) in [7, 11) is 2.17. The predicted molar refractivity (Wildman–Crippen MR) is 130 cm³/mol. The SMILES string of the molecule is CC(C)(C)OC(=O)N1CCOCC1.CN1CCC(c2ccc(C3CCC(=O)NC3=O)cc2)CC1. The minimum atomic E-state index is -0.407. The van der Waals surface area contributed by atoms with E-state index in [-0.39, 0.29) is 23.8 Å². The number of carbonyl (C=O) groups is 3. The van der Waals surface area contributed by atoms with Crippen molar-refractivity contribution in [2.75, 3.05) is 46.4 Å². The lowest BCUT2D eigenvalue weighted by Gasteiger charge is -2.29. The van der Waals surface area contributed by atoms with Gasteiger partial charge in [-0.3, -0.25) is 14.9 Å². The first-order chi connectivity index (χ1) is 16.1. The Hall–Kier alpha value is -2.45. The van der Waals surface area contributed by atoms with Crippen LogP contribution < -0.4 is 5.32 Å². The summed E-state index contributed by atoms with van der Waals surface area (Å²) in [5, 5.41) is 2.43. The van der Waals surface area contributed by atoms with Gasteiger partial charge < -0.3 is 19.3 Å². The maximum absolute atomic E-state index is 11.9. The number of nitrogens with zero attached hydrogens (tertiary/aromatic N) is 2. The molecule has 1 aromatic carbocycles. The summed E-state index contributed by atoms with van der Waals surface area (Å²) in [5.41, 5.74) is 1.99. The van der Waals surface area contributed by atoms with E-state index in [1.54, 1.807) is 4.90 Å². The quantitative estimate of drug-likeness (QED) is 0.664. The molecule has 0 spiro atoms. The van der Waals surface area contributed by atoms with Gasteiger partial charge in [0.15, 0.2) is 0 Å². The number of benzene rings is 1. The van der Waals surface area contributed by atoms with Crippen LogP contribution in [0.3, 0.4) is 0 Å². The largest absolute Gasteiger partial charge is 0.444 e. The molecule has 4 rings (SSSR count). The van der Waals surface area contributed by atoms with Crippen molar-refractivity contribution < 1.29 is 23.9 Å². The lowest BCUT2D eigenvalue weighted by atomic mass is 9.86. The maximum Gasteiger partial charge on any atom is 0.410 e. The van der Waals surface area contributed by atoms with Crippen LogP contribution in [-0.4, -0.2) is 79.7 Å². The zero-order valence-electron chi connectivity index (χ0n) is 21.0. The van der Waals surface area contributed by atoms with Crippen molar-refractivity contribution in [2.24, 2.45) is 0 Å². The Morgan fingerprint density at radius 2 is 1.56 bits per heavy atom. The van der Waals surface area contributed by atoms with Crippen molar-refractivity contribution in [3.05, 3.63) is 35.4 Å². The predicted octanol–water partition coefficient (Wildman–Crippen LogP) is 3.27. The smallest absolute Gasteiger partial charge is 0.410 e. The highest BCUT2D eigenvalue weighted by Crippen LogP contribution is 2.30. The molecule has 1 aromatic rings. The Balaban J connectivity index is 0.000000215. The highest BCUT2D eigenvalue weighted by Gasteiger charge is 2.28. The Bertz CT molecular complexity index is 835. The molecule has 8 heteroatoms. The van der Waals surface area contributed by atoms with Crippen molar-refractivity contribution >= 4 is 17.9 Å². The van der Waals surface area contributed by atoms with Gasteiger partial charge in [-0.25, -0.2) is 4.79 Å². The summed E-state index contributed by atoms with van der Waals surface area (Å²) in [6.45, 7) is 10.4. The van der Waals surface area contributed by atoms with Crippen LogP contribution in [0.1, 0.15) is 69.4 Å². The number of carbonyl (C=O) groups excluding carboxylic acids is 3. The molecule has 3 amide bonds. The first-order valence-corrected chi connectivity index (χ1v) is 12.3. The highest BCUT2D eigenvalue weighted by atomic mass is 16.6. The number of likely N-dealkylation sites (tertiary alicyclic amines) is 1. The number of nitrogens with one attached hydrogen (secondary N) is 1. The van der Waals surface area contributed by atoms with E-state index in [0.717, 1.165) is 18.7 Å². The molecule has 1 atom stereocenters. The first-order valence-electron chi connectivity index (χ1n) is 12.3. The van der Waals surface area contributed by atoms with Gasteiger partial charge in [0.05, 0.1) is 19.1 Å². The molecule has 1 unspecified atom stereocenters. The molecule has 0 aliphatic carbocycles. The second-order valence-corrected chi connectivity index (χ2v) is 10.3. The molecule has 8 nitrogen and oxygen atoms in total. The molecule has 3 saturated heterocycles. The number of hydrogen-bond acceptors (Lipinski definition) is 6. The van der Waals surface area contributed by atoms with E-state index < -0.39 is 5.60 Å². The fourth-order valence-electron chi connectivity index (χ4n) is 4.43. The average molecular weight is 474 g/mol. The lowest BCUT2D eigenvalue weighted by molar-refractivity contribution is -0.134. The van der Waals surface area contributed by atoms with Crippen LogP contribution in [0.25, 0.3) is 0 Å². The van der Waals surface area contributed by atoms with Gasteiger partial charge in [0.2, 0.25) is 11.8 Å². The summed E-state index contributed by atoms with van der Waals surface area (Å²) < 4.78 is 10.3. The van der Waals surface area contributed by atoms with Crippen LogP contribution in [0.4, 0.5) is 4.79 Å². The van der Waals surface area contributed by atoms with Gasteiger partial charge in [-0.15, -0.1) is 0 Å². The highest BCUT2D eigenvalue weighted by molar-refractivity contribution is 6.00. The van der Waals surface area contributed by atoms with Gasteiger partial charge in [0, 0.05) is 19.5 Å². The number of imide groups is 1. The zero-order valence-corrected chi connectivity index (χ0v) is 21.0. The van der Waals surface area contributed by atoms with Crippen LogP contribution in [0.15, 0.2) is 24.3 Å². The second-order valence-electron chi connectivity index (χ2n) is 10.3. The van der Waals surface area contributed by atoms with E-state index in [2.05, 4.69) is 41.5 Å². The molecule has 3 aliphatic rings. The summed E-state index contributed by atoms with van der Waals surface area (Å²) in [5.74, 6) is 0.156. The molecule has 0 saturated carbocycles. The third kappa shape index (κ3) is 7.81. The lowest BCUT2D eigenvalue weighted by Crippen LogP contribution is -2.43. The fraction of sp³-hybridized carbons (Fsp3) is 0.654. The van der Waals surface area contributed by atoms with E-state index in [1.807, 2.05) is 20.8 Å². The summed E-state index contributed by atoms with van der Waals surface area (Å²) in [6, 6.07) is 8.45. The van der Waals surface area contributed by atoms with Gasteiger partial charge in [-0.1, -0.05) is 24.3 Å². The van der Waals surface area contributed by atoms with Gasteiger partial charge >= 0.3 is 6.09 Å². The normalized spacial score (nSPS) is 22.5. The van der Waals surface area contributed by atoms with Crippen molar-refractivity contribution in [2.45, 2.75) is 63.9 Å². The molecular weight excluding hydrogens is 434 g/mol. The number of ether oxygens (including phenoxy) is 2. The summed E-state index contributed by atoms with van der Waals surface area (Å²) in [6.07, 6.45) is 3.23. The number of rotatable bonds is 2. The van der Waals surface area contributed by atoms with Gasteiger partial charge in [0.1, 0.15) is 5.60 Å². The second kappa shape index (κ2) is 11.8. The molecule has 0 radical (unpaired) electrons. The summed E-state index contributed by atoms with van der Waals surface area (Å²) >= 11 is 0. The maximum atomic E-state index is 11.9. The molecule has 1 N–H and O–H groups in total. The zero-order chi connectivity index (χ0) is 24.7. The first kappa shape index (κ1) is 26.2. The topological polar surface area (TPSA) is 88.2 Å². The van der Waals surface area contributed by atoms with E-state index in [9.17, 15) is 14.4 Å². The van der Waals surface area contributed by atoms with Crippen LogP contribution in [-0.2, 0) is 19.1 Å². The van der Waals surface area contributed by atoms with Crippen LogP contribution in [0.5, 0.6) is 0 Å². The summed E-state index contributed by atoms with van der Waals surface area (Å²) in [4.78, 5) is 38.6. The van der Waals surface area contributed by atoms with Crippen molar-refractivity contribution in [3.8, 4) is 0 Å². The Labute approximate surface area is 202 Å². The molecule has 3 aliphatic heterocycles. The molecule has 3 heterocycles. The number of piperidine rings is 2. The monoisotopic (exact) mass is 473 g/mol. The molecule has 0 bridgehead atoms. The van der Waals surface area contributed by atoms with Gasteiger partial charge in [0.25, 0.3) is 0 Å². The van der Waals surface area contributed by atoms with Crippen LogP contribution in [0.2, 0.25) is 0 Å². The van der Waals surface area contributed by atoms with E-state index in [4.69, 9.17) is 9.47 Å². The standard InChI is InChI=1S/C17H22N2O2.C9H17NO3/c1-19-10-8-13(9-11-19)12-2-4-14(5-3-12)15-6-7-16(20)18-17(15)21;1-9(2,3)13-8(11)10-4-6-12-7-5-10/h2-5,13,15H,6-11H2,1H3,(H,18,20,21);4-7H2,1-3H3. The van der Waals surface area contributed by atoms with E-state index >= 15 is 0 Å². The molecule has 3 fully saturated rings. The molecule has 34 heavy (non-hydrogen) atoms.